The van der Waals surface area contributed by atoms with Crippen LogP contribution in [0.5, 0.6) is 0 Å². The molecule has 3 rings (SSSR count). The van der Waals surface area contributed by atoms with E-state index < -0.39 is 0 Å². The zero-order valence-electron chi connectivity index (χ0n) is 13.8. The third kappa shape index (κ3) is 3.70. The Morgan fingerprint density at radius 3 is 2.00 bits per heavy atom. The Morgan fingerprint density at radius 2 is 1.48 bits per heavy atom. The molecule has 0 amide bonds. The second-order valence-electron chi connectivity index (χ2n) is 5.90. The first-order valence-corrected chi connectivity index (χ1v) is 9.17. The lowest BCUT2D eigenvalue weighted by molar-refractivity contribution is 0.785. The molecule has 1 nitrogen and oxygen atoms in total. The molecule has 0 aliphatic carbocycles. The Balaban J connectivity index is 2.09. The molecule has 118 valence electrons. The smallest absolute Gasteiger partial charge is 0.0900 e. The summed E-state index contributed by atoms with van der Waals surface area (Å²) in [5.41, 5.74) is 3.89. The molecule has 23 heavy (non-hydrogen) atoms. The lowest BCUT2D eigenvalue weighted by Gasteiger charge is -2.18. The zero-order chi connectivity index (χ0) is 16.1. The highest BCUT2D eigenvalue weighted by Gasteiger charge is 2.22. The van der Waals surface area contributed by atoms with Gasteiger partial charge in [0.05, 0.1) is 16.6 Å². The number of nitrogens with zero attached hydrogens (tertiary/aromatic N) is 1. The first-order chi connectivity index (χ1) is 11.3. The molecule has 0 aliphatic rings. The molecule has 2 aromatic carbocycles. The van der Waals surface area contributed by atoms with E-state index in [0.717, 1.165) is 6.42 Å². The standard InChI is InChI=1S/C21H23NS/c1-3-4-15-19-21(22-16(2)23-19)20(17-11-7-5-8-12-17)18-13-9-6-10-14-18/h5-14,20H,3-4,15H2,1-2H3. The van der Waals surface area contributed by atoms with Gasteiger partial charge in [-0.2, -0.15) is 0 Å². The highest BCUT2D eigenvalue weighted by atomic mass is 32.1. The van der Waals surface area contributed by atoms with Crippen molar-refractivity contribution in [3.05, 3.63) is 87.4 Å². The van der Waals surface area contributed by atoms with E-state index in [1.807, 2.05) is 11.3 Å². The number of unbranched alkanes of at least 4 members (excludes halogenated alkanes) is 1. The first-order valence-electron chi connectivity index (χ1n) is 8.35. The van der Waals surface area contributed by atoms with Gasteiger partial charge in [-0.3, -0.25) is 0 Å². The average molecular weight is 321 g/mol. The molecule has 0 fully saturated rings. The summed E-state index contributed by atoms with van der Waals surface area (Å²) in [6.45, 7) is 4.37. The van der Waals surface area contributed by atoms with Crippen LogP contribution >= 0.6 is 11.3 Å². The van der Waals surface area contributed by atoms with Gasteiger partial charge in [0.2, 0.25) is 0 Å². The van der Waals surface area contributed by atoms with E-state index in [1.54, 1.807) is 0 Å². The van der Waals surface area contributed by atoms with Crippen molar-refractivity contribution in [3.8, 4) is 0 Å². The molecule has 2 heteroatoms. The van der Waals surface area contributed by atoms with Gasteiger partial charge in [-0.05, 0) is 30.9 Å². The fourth-order valence-corrected chi connectivity index (χ4v) is 4.04. The van der Waals surface area contributed by atoms with Crippen molar-refractivity contribution in [2.24, 2.45) is 0 Å². The summed E-state index contributed by atoms with van der Waals surface area (Å²) >= 11 is 1.86. The average Bonchev–Trinajstić information content (AvgIpc) is 2.95. The normalized spacial score (nSPS) is 11.1. The van der Waals surface area contributed by atoms with Crippen LogP contribution in [0.25, 0.3) is 0 Å². The molecule has 1 heterocycles. The molecule has 3 aromatic rings. The van der Waals surface area contributed by atoms with Gasteiger partial charge in [0.15, 0.2) is 0 Å². The summed E-state index contributed by atoms with van der Waals surface area (Å²) in [6.07, 6.45) is 3.58. The summed E-state index contributed by atoms with van der Waals surface area (Å²) in [5, 5.41) is 1.17. The molecule has 0 atom stereocenters. The number of thiazole rings is 1. The largest absolute Gasteiger partial charge is 0.245 e. The van der Waals surface area contributed by atoms with Gasteiger partial charge in [-0.15, -0.1) is 11.3 Å². The quantitative estimate of drug-likeness (QED) is 0.544. The molecular formula is C21H23NS. The number of benzene rings is 2. The molecular weight excluding hydrogens is 298 g/mol. The van der Waals surface area contributed by atoms with Gasteiger partial charge in [0.25, 0.3) is 0 Å². The minimum atomic E-state index is 0.231. The highest BCUT2D eigenvalue weighted by Crippen LogP contribution is 2.36. The lowest BCUT2D eigenvalue weighted by Crippen LogP contribution is -2.06. The third-order valence-electron chi connectivity index (χ3n) is 4.13. The van der Waals surface area contributed by atoms with Crippen molar-refractivity contribution in [3.63, 3.8) is 0 Å². The highest BCUT2D eigenvalue weighted by molar-refractivity contribution is 7.11. The van der Waals surface area contributed by atoms with Crippen LogP contribution in [-0.2, 0) is 6.42 Å². The van der Waals surface area contributed by atoms with E-state index in [-0.39, 0.29) is 5.92 Å². The second kappa shape index (κ2) is 7.56. The van der Waals surface area contributed by atoms with E-state index in [1.165, 1.54) is 39.5 Å². The minimum Gasteiger partial charge on any atom is -0.245 e. The number of aryl methyl sites for hydroxylation is 2. The van der Waals surface area contributed by atoms with Gasteiger partial charge in [0, 0.05) is 4.88 Å². The molecule has 0 aliphatic heterocycles. The maximum atomic E-state index is 4.94. The summed E-state index contributed by atoms with van der Waals surface area (Å²) in [4.78, 5) is 6.38. The molecule has 0 saturated heterocycles. The summed E-state index contributed by atoms with van der Waals surface area (Å²) in [5.74, 6) is 0.231. The maximum absolute atomic E-state index is 4.94. The monoisotopic (exact) mass is 321 g/mol. The van der Waals surface area contributed by atoms with Gasteiger partial charge in [0.1, 0.15) is 0 Å². The lowest BCUT2D eigenvalue weighted by atomic mass is 9.87. The molecule has 0 unspecified atom stereocenters. The van der Waals surface area contributed by atoms with Crippen molar-refractivity contribution in [1.29, 1.82) is 0 Å². The molecule has 0 spiro atoms. The van der Waals surface area contributed by atoms with E-state index in [0.29, 0.717) is 0 Å². The van der Waals surface area contributed by atoms with Crippen molar-refractivity contribution in [2.75, 3.05) is 0 Å². The zero-order valence-corrected chi connectivity index (χ0v) is 14.6. The van der Waals surface area contributed by atoms with Gasteiger partial charge < -0.3 is 0 Å². The number of rotatable bonds is 6. The maximum Gasteiger partial charge on any atom is 0.0900 e. The number of aromatic nitrogens is 1. The van der Waals surface area contributed by atoms with Crippen LogP contribution < -0.4 is 0 Å². The van der Waals surface area contributed by atoms with Gasteiger partial charge in [-0.25, -0.2) is 4.98 Å². The summed E-state index contributed by atoms with van der Waals surface area (Å²) < 4.78 is 0. The summed E-state index contributed by atoms with van der Waals surface area (Å²) in [6, 6.07) is 21.5. The van der Waals surface area contributed by atoms with Crippen LogP contribution in [0.3, 0.4) is 0 Å². The van der Waals surface area contributed by atoms with Crippen molar-refractivity contribution in [1.82, 2.24) is 4.98 Å². The molecule has 0 bridgehead atoms. The van der Waals surface area contributed by atoms with E-state index in [9.17, 15) is 0 Å². The fraction of sp³-hybridized carbons (Fsp3) is 0.286. The summed E-state index contributed by atoms with van der Waals surface area (Å²) in [7, 11) is 0. The molecule has 0 saturated carbocycles. The number of hydrogen-bond acceptors (Lipinski definition) is 2. The van der Waals surface area contributed by atoms with E-state index in [2.05, 4.69) is 74.5 Å². The van der Waals surface area contributed by atoms with Crippen LogP contribution in [0.1, 0.15) is 52.4 Å². The van der Waals surface area contributed by atoms with Gasteiger partial charge in [-0.1, -0.05) is 74.0 Å². The SMILES string of the molecule is CCCCc1sc(C)nc1C(c1ccccc1)c1ccccc1. The van der Waals surface area contributed by atoms with Crippen LogP contribution in [0.4, 0.5) is 0 Å². The first kappa shape index (κ1) is 15.9. The Bertz CT molecular complexity index is 692. The topological polar surface area (TPSA) is 12.9 Å². The van der Waals surface area contributed by atoms with E-state index >= 15 is 0 Å². The van der Waals surface area contributed by atoms with Crippen LogP contribution in [0.2, 0.25) is 0 Å². The third-order valence-corrected chi connectivity index (χ3v) is 5.18. The van der Waals surface area contributed by atoms with Crippen LogP contribution in [0, 0.1) is 6.92 Å². The van der Waals surface area contributed by atoms with E-state index in [4.69, 9.17) is 4.98 Å². The van der Waals surface area contributed by atoms with Crippen molar-refractivity contribution < 1.29 is 0 Å². The Hall–Kier alpha value is -1.93. The molecule has 0 N–H and O–H groups in total. The predicted octanol–water partition coefficient (Wildman–Crippen LogP) is 5.97. The van der Waals surface area contributed by atoms with Crippen molar-refractivity contribution in [2.45, 2.75) is 39.0 Å². The van der Waals surface area contributed by atoms with Crippen LogP contribution in [0.15, 0.2) is 60.7 Å². The Kier molecular flexibility index (Phi) is 5.24. The second-order valence-corrected chi connectivity index (χ2v) is 7.19. The molecule has 1 aromatic heterocycles. The number of hydrogen-bond donors (Lipinski definition) is 0. The fourth-order valence-electron chi connectivity index (χ4n) is 3.03. The van der Waals surface area contributed by atoms with Crippen molar-refractivity contribution >= 4 is 11.3 Å². The Labute approximate surface area is 143 Å². The van der Waals surface area contributed by atoms with Gasteiger partial charge >= 0.3 is 0 Å². The predicted molar refractivity (Wildman–Crippen MR) is 99.3 cm³/mol. The Morgan fingerprint density at radius 1 is 0.913 bits per heavy atom. The minimum absolute atomic E-state index is 0.231. The molecule has 0 radical (unpaired) electrons. The van der Waals surface area contributed by atoms with Crippen LogP contribution in [-0.4, -0.2) is 4.98 Å².